The van der Waals surface area contributed by atoms with Crippen molar-refractivity contribution in [2.24, 2.45) is 5.92 Å². The van der Waals surface area contributed by atoms with E-state index in [4.69, 9.17) is 10.8 Å². The maximum absolute atomic E-state index is 10.8. The summed E-state index contributed by atoms with van der Waals surface area (Å²) in [4.78, 5) is 16.8. The monoisotopic (exact) mass is 330 g/mol. The van der Waals surface area contributed by atoms with Crippen LogP contribution in [0.15, 0.2) is 4.60 Å². The van der Waals surface area contributed by atoms with Gasteiger partial charge in [0.2, 0.25) is 5.95 Å². The Morgan fingerprint density at radius 3 is 2.95 bits per heavy atom. The number of aromatic nitrogens is 3. The van der Waals surface area contributed by atoms with Gasteiger partial charge in [-0.25, -0.2) is 4.79 Å². The standard InChI is InChI=1S/C10H15BrN6O2/c1-5-2-3-17(6(4-5)13-10(18)19)9-14-8(12)7(11)15-16-9/h5-6,13H,2-4H2,1H3,(H,18,19)(H2,12,14,16). The summed E-state index contributed by atoms with van der Waals surface area (Å²) in [5.74, 6) is 1.01. The second-order valence-electron chi connectivity index (χ2n) is 4.58. The van der Waals surface area contributed by atoms with E-state index < -0.39 is 6.09 Å². The van der Waals surface area contributed by atoms with E-state index in [9.17, 15) is 4.79 Å². The van der Waals surface area contributed by atoms with Gasteiger partial charge < -0.3 is 21.1 Å². The third kappa shape index (κ3) is 3.22. The molecule has 19 heavy (non-hydrogen) atoms. The highest BCUT2D eigenvalue weighted by Gasteiger charge is 2.29. The van der Waals surface area contributed by atoms with E-state index in [1.807, 2.05) is 0 Å². The van der Waals surface area contributed by atoms with Crippen LogP contribution in [0.5, 0.6) is 0 Å². The highest BCUT2D eigenvalue weighted by molar-refractivity contribution is 9.10. The van der Waals surface area contributed by atoms with Crippen molar-refractivity contribution in [1.29, 1.82) is 0 Å². The predicted octanol–water partition coefficient (Wildman–Crippen LogP) is 1.05. The zero-order chi connectivity index (χ0) is 14.0. The Morgan fingerprint density at radius 1 is 1.58 bits per heavy atom. The summed E-state index contributed by atoms with van der Waals surface area (Å²) in [6, 6.07) is 0. The summed E-state index contributed by atoms with van der Waals surface area (Å²) in [7, 11) is 0. The van der Waals surface area contributed by atoms with E-state index in [1.165, 1.54) is 0 Å². The van der Waals surface area contributed by atoms with Crippen LogP contribution in [0.4, 0.5) is 16.6 Å². The maximum Gasteiger partial charge on any atom is 0.406 e. The zero-order valence-corrected chi connectivity index (χ0v) is 12.0. The smallest absolute Gasteiger partial charge is 0.406 e. The van der Waals surface area contributed by atoms with Gasteiger partial charge in [-0.15, -0.1) is 10.2 Å². The number of hydrogen-bond donors (Lipinski definition) is 3. The largest absolute Gasteiger partial charge is 0.465 e. The molecule has 2 unspecified atom stereocenters. The molecule has 4 N–H and O–H groups in total. The highest BCUT2D eigenvalue weighted by atomic mass is 79.9. The van der Waals surface area contributed by atoms with Crippen molar-refractivity contribution >= 4 is 33.8 Å². The quantitative estimate of drug-likeness (QED) is 0.741. The Balaban J connectivity index is 2.23. The minimum absolute atomic E-state index is 0.234. The van der Waals surface area contributed by atoms with Crippen LogP contribution in [0.2, 0.25) is 0 Å². The van der Waals surface area contributed by atoms with Gasteiger partial charge >= 0.3 is 6.09 Å². The van der Waals surface area contributed by atoms with Crippen LogP contribution >= 0.6 is 15.9 Å². The number of carboxylic acid groups (broad SMARTS) is 1. The second kappa shape index (κ2) is 5.55. The number of hydrogen-bond acceptors (Lipinski definition) is 6. The van der Waals surface area contributed by atoms with E-state index in [0.29, 0.717) is 29.4 Å². The fraction of sp³-hybridized carbons (Fsp3) is 0.600. The first kappa shape index (κ1) is 13.8. The molecule has 0 radical (unpaired) electrons. The number of rotatable bonds is 2. The highest BCUT2D eigenvalue weighted by Crippen LogP contribution is 2.25. The lowest BCUT2D eigenvalue weighted by Crippen LogP contribution is -2.53. The van der Waals surface area contributed by atoms with Crippen molar-refractivity contribution < 1.29 is 9.90 Å². The number of anilines is 2. The molecule has 8 nitrogen and oxygen atoms in total. The number of amides is 1. The van der Waals surface area contributed by atoms with Crippen LogP contribution in [0.25, 0.3) is 0 Å². The first-order valence-corrected chi connectivity index (χ1v) is 6.68. The molecular formula is C10H15BrN6O2. The molecule has 1 aliphatic rings. The van der Waals surface area contributed by atoms with Crippen LogP contribution in [-0.2, 0) is 0 Å². The Hall–Kier alpha value is -1.64. The van der Waals surface area contributed by atoms with Gasteiger partial charge in [-0.2, -0.15) is 4.98 Å². The SMILES string of the molecule is CC1CCN(c2nnc(Br)c(N)n2)C(NC(=O)O)C1. The molecule has 0 bridgehead atoms. The fourth-order valence-electron chi connectivity index (χ4n) is 2.10. The molecular weight excluding hydrogens is 316 g/mol. The molecule has 2 rings (SSSR count). The number of nitrogens with zero attached hydrogens (tertiary/aromatic N) is 4. The first-order valence-electron chi connectivity index (χ1n) is 5.89. The second-order valence-corrected chi connectivity index (χ2v) is 5.33. The van der Waals surface area contributed by atoms with Gasteiger partial charge in [0.05, 0.1) is 0 Å². The summed E-state index contributed by atoms with van der Waals surface area (Å²) in [6.45, 7) is 2.75. The lowest BCUT2D eigenvalue weighted by atomic mass is 9.97. The van der Waals surface area contributed by atoms with Crippen LogP contribution in [0.1, 0.15) is 19.8 Å². The zero-order valence-electron chi connectivity index (χ0n) is 10.4. The Bertz CT molecular complexity index is 485. The minimum Gasteiger partial charge on any atom is -0.465 e. The molecule has 0 saturated carbocycles. The third-order valence-corrected chi connectivity index (χ3v) is 3.64. The van der Waals surface area contributed by atoms with Crippen LogP contribution in [0.3, 0.4) is 0 Å². The van der Waals surface area contributed by atoms with Crippen molar-refractivity contribution in [2.45, 2.75) is 25.9 Å². The summed E-state index contributed by atoms with van der Waals surface area (Å²) in [5, 5.41) is 19.2. The van der Waals surface area contributed by atoms with Crippen LogP contribution < -0.4 is 16.0 Å². The van der Waals surface area contributed by atoms with Gasteiger partial charge in [0.15, 0.2) is 10.4 Å². The number of nitrogens with two attached hydrogens (primary N) is 1. The number of nitrogen functional groups attached to an aromatic ring is 1. The molecule has 1 saturated heterocycles. The number of nitrogens with one attached hydrogen (secondary N) is 1. The van der Waals surface area contributed by atoms with E-state index in [2.05, 4.69) is 43.4 Å². The number of piperidine rings is 1. The van der Waals surface area contributed by atoms with Crippen molar-refractivity contribution in [1.82, 2.24) is 20.5 Å². The van der Waals surface area contributed by atoms with Crippen LogP contribution in [-0.4, -0.2) is 39.1 Å². The van der Waals surface area contributed by atoms with Crippen molar-refractivity contribution in [3.8, 4) is 0 Å². The summed E-state index contributed by atoms with van der Waals surface area (Å²) in [5.41, 5.74) is 5.68. The molecule has 0 aliphatic carbocycles. The topological polar surface area (TPSA) is 117 Å². The van der Waals surface area contributed by atoms with Gasteiger partial charge in [-0.05, 0) is 34.7 Å². The molecule has 1 aliphatic heterocycles. The van der Waals surface area contributed by atoms with Crippen molar-refractivity contribution in [3.63, 3.8) is 0 Å². The molecule has 1 aromatic rings. The molecule has 2 heterocycles. The van der Waals surface area contributed by atoms with E-state index >= 15 is 0 Å². The fourth-order valence-corrected chi connectivity index (χ4v) is 2.27. The lowest BCUT2D eigenvalue weighted by molar-refractivity contribution is 0.183. The van der Waals surface area contributed by atoms with Gasteiger partial charge in [0.1, 0.15) is 6.17 Å². The minimum atomic E-state index is -1.07. The van der Waals surface area contributed by atoms with Crippen molar-refractivity contribution in [3.05, 3.63) is 4.60 Å². The lowest BCUT2D eigenvalue weighted by Gasteiger charge is -2.37. The normalized spacial score (nSPS) is 23.2. The van der Waals surface area contributed by atoms with Gasteiger partial charge in [0, 0.05) is 6.54 Å². The average Bonchev–Trinajstić information content (AvgIpc) is 2.32. The molecule has 1 fully saturated rings. The molecule has 1 amide bonds. The van der Waals surface area contributed by atoms with Gasteiger partial charge in [0.25, 0.3) is 0 Å². The Labute approximate surface area is 118 Å². The third-order valence-electron chi connectivity index (χ3n) is 3.07. The molecule has 9 heteroatoms. The average molecular weight is 331 g/mol. The number of halogens is 1. The van der Waals surface area contributed by atoms with E-state index in [-0.39, 0.29) is 12.0 Å². The predicted molar refractivity (Wildman–Crippen MR) is 72.6 cm³/mol. The van der Waals surface area contributed by atoms with E-state index in [1.54, 1.807) is 4.90 Å². The molecule has 104 valence electrons. The van der Waals surface area contributed by atoms with E-state index in [0.717, 1.165) is 6.42 Å². The Kier molecular flexibility index (Phi) is 4.03. The number of carbonyl (C=O) groups is 1. The summed E-state index contributed by atoms with van der Waals surface area (Å²) < 4.78 is 0.379. The maximum atomic E-state index is 10.8. The molecule has 0 spiro atoms. The molecule has 1 aromatic heterocycles. The first-order chi connectivity index (χ1) is 8.97. The summed E-state index contributed by atoms with van der Waals surface area (Å²) >= 11 is 3.13. The van der Waals surface area contributed by atoms with Gasteiger partial charge in [-0.3, -0.25) is 0 Å². The molecule has 2 atom stereocenters. The van der Waals surface area contributed by atoms with Crippen LogP contribution in [0, 0.1) is 5.92 Å². The Morgan fingerprint density at radius 2 is 2.32 bits per heavy atom. The van der Waals surface area contributed by atoms with Gasteiger partial charge in [-0.1, -0.05) is 6.92 Å². The van der Waals surface area contributed by atoms with Crippen molar-refractivity contribution in [2.75, 3.05) is 17.2 Å². The summed E-state index contributed by atoms with van der Waals surface area (Å²) in [6.07, 6.45) is 0.216. The molecule has 0 aromatic carbocycles.